The molecule has 0 spiro atoms. The fourth-order valence-electron chi connectivity index (χ4n) is 1.71. The second-order valence-electron chi connectivity index (χ2n) is 4.11. The molecule has 0 fully saturated rings. The Hall–Kier alpha value is -2.31. The lowest BCUT2D eigenvalue weighted by Gasteiger charge is -2.07. The average Bonchev–Trinajstić information content (AvgIpc) is 2.79. The molecule has 0 aliphatic carbocycles. The molecule has 1 aromatic carbocycles. The van der Waals surface area contributed by atoms with Crippen LogP contribution in [0.2, 0.25) is 0 Å². The van der Waals surface area contributed by atoms with E-state index in [2.05, 4.69) is 9.84 Å². The monoisotopic (exact) mass is 284 g/mol. The largest absolute Gasteiger partial charge is 0.465 e. The first-order valence-electron chi connectivity index (χ1n) is 5.65. The van der Waals surface area contributed by atoms with Crippen LogP contribution in [-0.2, 0) is 10.9 Å². The lowest BCUT2D eigenvalue weighted by atomic mass is 10.2. The first-order chi connectivity index (χ1) is 9.32. The summed E-state index contributed by atoms with van der Waals surface area (Å²) in [6, 6.07) is 4.50. The van der Waals surface area contributed by atoms with Crippen molar-refractivity contribution >= 4 is 5.97 Å². The summed E-state index contributed by atoms with van der Waals surface area (Å²) in [6.45, 7) is 1.62. The van der Waals surface area contributed by atoms with Crippen molar-refractivity contribution in [1.82, 2.24) is 9.78 Å². The van der Waals surface area contributed by atoms with Gasteiger partial charge in [0, 0.05) is 6.20 Å². The van der Waals surface area contributed by atoms with Crippen molar-refractivity contribution in [2.45, 2.75) is 13.1 Å². The molecular weight excluding hydrogens is 273 g/mol. The molecule has 1 heterocycles. The number of nitrogens with zero attached hydrogens (tertiary/aromatic N) is 2. The number of aromatic nitrogens is 2. The van der Waals surface area contributed by atoms with Crippen LogP contribution < -0.4 is 0 Å². The van der Waals surface area contributed by atoms with Crippen molar-refractivity contribution in [2.75, 3.05) is 7.11 Å². The van der Waals surface area contributed by atoms with Crippen LogP contribution >= 0.6 is 0 Å². The maximum absolute atomic E-state index is 12.5. The van der Waals surface area contributed by atoms with Gasteiger partial charge in [-0.1, -0.05) is 0 Å². The number of aryl methyl sites for hydroxylation is 1. The number of carbonyl (C=O) groups excluding carboxylic acids is 1. The highest BCUT2D eigenvalue weighted by Crippen LogP contribution is 2.29. The minimum absolute atomic E-state index is 0.271. The molecule has 0 amide bonds. The number of alkyl halides is 3. The second kappa shape index (κ2) is 4.99. The minimum Gasteiger partial charge on any atom is -0.465 e. The van der Waals surface area contributed by atoms with E-state index in [1.54, 1.807) is 6.92 Å². The summed E-state index contributed by atoms with van der Waals surface area (Å²) in [6.07, 6.45) is -2.96. The van der Waals surface area contributed by atoms with Gasteiger partial charge >= 0.3 is 12.1 Å². The lowest BCUT2D eigenvalue weighted by molar-refractivity contribution is -0.137. The molecule has 0 N–H and O–H groups in total. The van der Waals surface area contributed by atoms with E-state index < -0.39 is 17.7 Å². The van der Waals surface area contributed by atoms with Crippen molar-refractivity contribution in [3.8, 4) is 5.69 Å². The van der Waals surface area contributed by atoms with Gasteiger partial charge in [0.05, 0.1) is 24.1 Å². The maximum Gasteiger partial charge on any atom is 0.416 e. The highest BCUT2D eigenvalue weighted by Gasteiger charge is 2.30. The SMILES string of the molecule is COC(=O)c1cn(-c2ccc(C(F)(F)F)cc2)nc1C. The molecule has 0 saturated heterocycles. The van der Waals surface area contributed by atoms with E-state index in [-0.39, 0.29) is 5.56 Å². The van der Waals surface area contributed by atoms with Gasteiger partial charge in [0.15, 0.2) is 0 Å². The highest BCUT2D eigenvalue weighted by molar-refractivity contribution is 5.90. The predicted molar refractivity (Wildman–Crippen MR) is 64.6 cm³/mol. The van der Waals surface area contributed by atoms with Crippen LogP contribution in [0.1, 0.15) is 21.6 Å². The van der Waals surface area contributed by atoms with E-state index in [4.69, 9.17) is 0 Å². The summed E-state index contributed by atoms with van der Waals surface area (Å²) >= 11 is 0. The second-order valence-corrected chi connectivity index (χ2v) is 4.11. The van der Waals surface area contributed by atoms with Gasteiger partial charge in [-0.25, -0.2) is 9.48 Å². The average molecular weight is 284 g/mol. The number of hydrogen-bond acceptors (Lipinski definition) is 3. The fourth-order valence-corrected chi connectivity index (χ4v) is 1.71. The van der Waals surface area contributed by atoms with E-state index >= 15 is 0 Å². The summed E-state index contributed by atoms with van der Waals surface area (Å²) in [4.78, 5) is 11.4. The van der Waals surface area contributed by atoms with Crippen LogP contribution in [-0.4, -0.2) is 22.9 Å². The third-order valence-electron chi connectivity index (χ3n) is 2.76. The molecule has 0 radical (unpaired) electrons. The topological polar surface area (TPSA) is 44.1 Å². The number of esters is 1. The van der Waals surface area contributed by atoms with Crippen molar-refractivity contribution in [3.05, 3.63) is 47.3 Å². The maximum atomic E-state index is 12.5. The zero-order valence-electron chi connectivity index (χ0n) is 10.7. The van der Waals surface area contributed by atoms with Gasteiger partial charge in [-0.15, -0.1) is 0 Å². The Morgan fingerprint density at radius 1 is 1.25 bits per heavy atom. The summed E-state index contributed by atoms with van der Waals surface area (Å²) in [5.74, 6) is -0.541. The first-order valence-corrected chi connectivity index (χ1v) is 5.65. The number of methoxy groups -OCH3 is 1. The van der Waals surface area contributed by atoms with E-state index in [1.165, 1.54) is 30.1 Å². The Morgan fingerprint density at radius 2 is 1.85 bits per heavy atom. The number of ether oxygens (including phenoxy) is 1. The zero-order valence-corrected chi connectivity index (χ0v) is 10.7. The summed E-state index contributed by atoms with van der Waals surface area (Å²) in [7, 11) is 1.25. The van der Waals surface area contributed by atoms with Crippen LogP contribution in [0.3, 0.4) is 0 Å². The molecule has 2 aromatic rings. The molecule has 106 valence electrons. The summed E-state index contributed by atoms with van der Waals surface area (Å²) in [5.41, 5.74) is 0.402. The molecule has 0 aliphatic heterocycles. The Bertz CT molecular complexity index is 630. The molecule has 0 atom stereocenters. The predicted octanol–water partition coefficient (Wildman–Crippen LogP) is 2.99. The smallest absolute Gasteiger partial charge is 0.416 e. The standard InChI is InChI=1S/C13H11F3N2O2/c1-8-11(12(19)20-2)7-18(17-8)10-5-3-9(4-6-10)13(14,15)16/h3-7H,1-2H3. The Morgan fingerprint density at radius 3 is 2.35 bits per heavy atom. The number of halogens is 3. The van der Waals surface area contributed by atoms with Crippen LogP contribution in [0, 0.1) is 6.92 Å². The summed E-state index contributed by atoms with van der Waals surface area (Å²) < 4.78 is 43.3. The molecule has 0 unspecified atom stereocenters. The zero-order chi connectivity index (χ0) is 14.9. The quantitative estimate of drug-likeness (QED) is 0.796. The summed E-state index contributed by atoms with van der Waals surface area (Å²) in [5, 5.41) is 4.08. The highest BCUT2D eigenvalue weighted by atomic mass is 19.4. The van der Waals surface area contributed by atoms with E-state index in [0.29, 0.717) is 11.4 Å². The van der Waals surface area contributed by atoms with E-state index in [1.807, 2.05) is 0 Å². The number of carbonyl (C=O) groups is 1. The van der Waals surface area contributed by atoms with Gasteiger partial charge in [-0.05, 0) is 31.2 Å². The van der Waals surface area contributed by atoms with Gasteiger partial charge in [-0.2, -0.15) is 18.3 Å². The van der Waals surface area contributed by atoms with Crippen LogP contribution in [0.5, 0.6) is 0 Å². The van der Waals surface area contributed by atoms with Gasteiger partial charge in [-0.3, -0.25) is 0 Å². The molecule has 4 nitrogen and oxygen atoms in total. The molecule has 1 aromatic heterocycles. The Balaban J connectivity index is 2.35. The normalized spacial score (nSPS) is 11.4. The van der Waals surface area contributed by atoms with Crippen LogP contribution in [0.4, 0.5) is 13.2 Å². The van der Waals surface area contributed by atoms with Crippen molar-refractivity contribution in [2.24, 2.45) is 0 Å². The Kier molecular flexibility index (Phi) is 3.52. The van der Waals surface area contributed by atoms with Crippen molar-refractivity contribution < 1.29 is 22.7 Å². The molecule has 20 heavy (non-hydrogen) atoms. The first kappa shape index (κ1) is 14.1. The number of benzene rings is 1. The third kappa shape index (κ3) is 2.66. The van der Waals surface area contributed by atoms with Crippen LogP contribution in [0.15, 0.2) is 30.5 Å². The Labute approximate surface area is 112 Å². The van der Waals surface area contributed by atoms with Crippen LogP contribution in [0.25, 0.3) is 5.69 Å². The fraction of sp³-hybridized carbons (Fsp3) is 0.231. The van der Waals surface area contributed by atoms with Gasteiger partial charge in [0.2, 0.25) is 0 Å². The molecule has 0 saturated carbocycles. The van der Waals surface area contributed by atoms with Gasteiger partial charge < -0.3 is 4.74 Å². The van der Waals surface area contributed by atoms with Gasteiger partial charge in [0.1, 0.15) is 5.56 Å². The third-order valence-corrected chi connectivity index (χ3v) is 2.76. The number of hydrogen-bond donors (Lipinski definition) is 0. The van der Waals surface area contributed by atoms with Crippen molar-refractivity contribution in [1.29, 1.82) is 0 Å². The van der Waals surface area contributed by atoms with E-state index in [9.17, 15) is 18.0 Å². The lowest BCUT2D eigenvalue weighted by Crippen LogP contribution is -2.05. The molecule has 0 bridgehead atoms. The molecule has 7 heteroatoms. The van der Waals surface area contributed by atoms with Crippen molar-refractivity contribution in [3.63, 3.8) is 0 Å². The van der Waals surface area contributed by atoms with E-state index in [0.717, 1.165) is 12.1 Å². The molecule has 2 rings (SSSR count). The molecule has 0 aliphatic rings. The minimum atomic E-state index is -4.38. The number of rotatable bonds is 2. The molecular formula is C13H11F3N2O2. The van der Waals surface area contributed by atoms with Gasteiger partial charge in [0.25, 0.3) is 0 Å².